The molecule has 0 saturated heterocycles. The normalized spacial score (nSPS) is 15.0. The van der Waals surface area contributed by atoms with Gasteiger partial charge in [0.15, 0.2) is 0 Å². The lowest BCUT2D eigenvalue weighted by Crippen LogP contribution is -2.18. The topological polar surface area (TPSA) is 89.7 Å². The molecule has 1 aromatic carbocycles. The summed E-state index contributed by atoms with van der Waals surface area (Å²) >= 11 is 0. The summed E-state index contributed by atoms with van der Waals surface area (Å²) in [7, 11) is 0. The highest BCUT2D eigenvalue weighted by atomic mass is 16.5. The van der Waals surface area contributed by atoms with Crippen LogP contribution in [0.5, 0.6) is 5.75 Å². The van der Waals surface area contributed by atoms with Crippen LogP contribution in [-0.2, 0) is 14.3 Å². The maximum Gasteiger partial charge on any atom is 0.340 e. The zero-order chi connectivity index (χ0) is 22.4. The number of unbranched alkanes of at least 4 members (excludes halogenated alkanes) is 1. The standard InChI is InChI=1S/C24H30N2O5/c1-5-7-10-30-16(4)14-31-17-8-9-21-18(12-17)19(23(27)26-21)13-22-20(11-15(3)25-22)24(28)29-6-2/h8-9,11-13,16,25H,5-7,10,14H2,1-4H3,(H,26,27)/b19-13-/t16-/m1/s1. The van der Waals surface area contributed by atoms with E-state index >= 15 is 0 Å². The highest BCUT2D eigenvalue weighted by molar-refractivity contribution is 6.35. The summed E-state index contributed by atoms with van der Waals surface area (Å²) in [6, 6.07) is 7.19. The first kappa shape index (κ1) is 22.6. The highest BCUT2D eigenvalue weighted by Gasteiger charge is 2.26. The number of ether oxygens (including phenoxy) is 3. The summed E-state index contributed by atoms with van der Waals surface area (Å²) in [5.41, 5.74) is 3.64. The molecule has 1 atom stereocenters. The van der Waals surface area contributed by atoms with Gasteiger partial charge in [0.05, 0.1) is 29.5 Å². The number of esters is 1. The van der Waals surface area contributed by atoms with E-state index in [1.807, 2.05) is 32.0 Å². The molecule has 7 heteroatoms. The molecule has 0 fully saturated rings. The highest BCUT2D eigenvalue weighted by Crippen LogP contribution is 2.36. The van der Waals surface area contributed by atoms with E-state index in [0.717, 1.165) is 30.7 Å². The van der Waals surface area contributed by atoms with Gasteiger partial charge in [-0.3, -0.25) is 4.79 Å². The molecule has 1 aromatic heterocycles. The van der Waals surface area contributed by atoms with Gasteiger partial charge in [-0.15, -0.1) is 0 Å². The number of hydrogen-bond acceptors (Lipinski definition) is 5. The molecule has 1 amide bonds. The van der Waals surface area contributed by atoms with Crippen LogP contribution < -0.4 is 10.1 Å². The Balaban J connectivity index is 1.81. The lowest BCUT2D eigenvalue weighted by molar-refractivity contribution is -0.110. The molecule has 2 N–H and O–H groups in total. The number of H-pyrrole nitrogens is 1. The average Bonchev–Trinajstić information content (AvgIpc) is 3.26. The Morgan fingerprint density at radius 1 is 1.23 bits per heavy atom. The Labute approximate surface area is 182 Å². The summed E-state index contributed by atoms with van der Waals surface area (Å²) in [6.45, 7) is 9.13. The van der Waals surface area contributed by atoms with Crippen LogP contribution in [0.3, 0.4) is 0 Å². The van der Waals surface area contributed by atoms with E-state index in [0.29, 0.717) is 34.9 Å². The molecule has 0 aliphatic carbocycles. The molecule has 166 valence electrons. The van der Waals surface area contributed by atoms with Crippen LogP contribution in [-0.4, -0.2) is 42.8 Å². The number of anilines is 1. The van der Waals surface area contributed by atoms with Gasteiger partial charge in [-0.1, -0.05) is 13.3 Å². The molecule has 0 saturated carbocycles. The first-order chi connectivity index (χ1) is 14.9. The lowest BCUT2D eigenvalue weighted by Gasteiger charge is -2.14. The van der Waals surface area contributed by atoms with Gasteiger partial charge in [0, 0.05) is 23.6 Å². The van der Waals surface area contributed by atoms with Crippen molar-refractivity contribution in [2.75, 3.05) is 25.1 Å². The molecular weight excluding hydrogens is 396 g/mol. The van der Waals surface area contributed by atoms with Crippen molar-refractivity contribution >= 4 is 29.2 Å². The molecule has 0 unspecified atom stereocenters. The fourth-order valence-corrected chi connectivity index (χ4v) is 3.34. The molecule has 1 aliphatic heterocycles. The van der Waals surface area contributed by atoms with Gasteiger partial charge in [0.25, 0.3) is 5.91 Å². The van der Waals surface area contributed by atoms with E-state index in [2.05, 4.69) is 17.2 Å². The molecule has 7 nitrogen and oxygen atoms in total. The first-order valence-electron chi connectivity index (χ1n) is 10.7. The van der Waals surface area contributed by atoms with Gasteiger partial charge in [0.1, 0.15) is 12.4 Å². The third-order valence-electron chi connectivity index (χ3n) is 4.93. The van der Waals surface area contributed by atoms with Crippen LogP contribution in [0.1, 0.15) is 60.9 Å². The summed E-state index contributed by atoms with van der Waals surface area (Å²) in [4.78, 5) is 28.0. The SMILES string of the molecule is CCCCO[C@H](C)COc1ccc2c(c1)/C(=C/c1[nH]c(C)cc1C(=O)OCC)C(=O)N2. The number of rotatable bonds is 10. The van der Waals surface area contributed by atoms with E-state index in [4.69, 9.17) is 14.2 Å². The molecule has 0 spiro atoms. The van der Waals surface area contributed by atoms with Crippen molar-refractivity contribution in [2.24, 2.45) is 0 Å². The largest absolute Gasteiger partial charge is 0.491 e. The number of carbonyl (C=O) groups is 2. The smallest absolute Gasteiger partial charge is 0.340 e. The fourth-order valence-electron chi connectivity index (χ4n) is 3.34. The minimum atomic E-state index is -0.425. The van der Waals surface area contributed by atoms with E-state index < -0.39 is 5.97 Å². The van der Waals surface area contributed by atoms with Crippen molar-refractivity contribution in [1.82, 2.24) is 4.98 Å². The average molecular weight is 427 g/mol. The Kier molecular flexibility index (Phi) is 7.52. The van der Waals surface area contributed by atoms with Crippen LogP contribution >= 0.6 is 0 Å². The van der Waals surface area contributed by atoms with Gasteiger partial charge in [-0.25, -0.2) is 4.79 Å². The number of aromatic amines is 1. The van der Waals surface area contributed by atoms with E-state index in [-0.39, 0.29) is 18.6 Å². The van der Waals surface area contributed by atoms with Crippen LogP contribution in [0.4, 0.5) is 5.69 Å². The summed E-state index contributed by atoms with van der Waals surface area (Å²) in [5.74, 6) is -0.00248. The zero-order valence-corrected chi connectivity index (χ0v) is 18.5. The van der Waals surface area contributed by atoms with E-state index in [9.17, 15) is 9.59 Å². The second kappa shape index (κ2) is 10.3. The van der Waals surface area contributed by atoms with Gasteiger partial charge in [-0.05, 0) is 57.5 Å². The van der Waals surface area contributed by atoms with Gasteiger partial charge < -0.3 is 24.5 Å². The molecule has 2 aromatic rings. The van der Waals surface area contributed by atoms with Crippen molar-refractivity contribution in [2.45, 2.75) is 46.6 Å². The number of hydrogen-bond donors (Lipinski definition) is 2. The second-order valence-electron chi connectivity index (χ2n) is 7.57. The molecule has 0 radical (unpaired) electrons. The van der Waals surface area contributed by atoms with Gasteiger partial charge >= 0.3 is 5.97 Å². The van der Waals surface area contributed by atoms with E-state index in [1.54, 1.807) is 19.1 Å². The van der Waals surface area contributed by atoms with Crippen molar-refractivity contribution in [3.63, 3.8) is 0 Å². The predicted octanol–water partition coefficient (Wildman–Crippen LogP) is 4.58. The van der Waals surface area contributed by atoms with Crippen molar-refractivity contribution in [3.8, 4) is 5.75 Å². The third kappa shape index (κ3) is 5.55. The first-order valence-corrected chi connectivity index (χ1v) is 10.7. The molecular formula is C24H30N2O5. The number of aromatic nitrogens is 1. The Bertz CT molecular complexity index is 976. The number of aryl methyl sites for hydroxylation is 1. The molecule has 0 bridgehead atoms. The van der Waals surface area contributed by atoms with Crippen LogP contribution in [0.2, 0.25) is 0 Å². The summed E-state index contributed by atoms with van der Waals surface area (Å²) < 4.78 is 16.7. The number of fused-ring (bicyclic) bond motifs is 1. The third-order valence-corrected chi connectivity index (χ3v) is 4.93. The Morgan fingerprint density at radius 3 is 2.77 bits per heavy atom. The second-order valence-corrected chi connectivity index (χ2v) is 7.57. The fraction of sp³-hybridized carbons (Fsp3) is 0.417. The van der Waals surface area contributed by atoms with E-state index in [1.165, 1.54) is 0 Å². The van der Waals surface area contributed by atoms with Gasteiger partial charge in [0.2, 0.25) is 0 Å². The van der Waals surface area contributed by atoms with Crippen LogP contribution in [0, 0.1) is 6.92 Å². The maximum absolute atomic E-state index is 12.6. The predicted molar refractivity (Wildman–Crippen MR) is 120 cm³/mol. The van der Waals surface area contributed by atoms with Crippen molar-refractivity contribution in [1.29, 1.82) is 0 Å². The van der Waals surface area contributed by atoms with Crippen molar-refractivity contribution < 1.29 is 23.8 Å². The van der Waals surface area contributed by atoms with Crippen molar-refractivity contribution in [3.05, 3.63) is 46.8 Å². The Morgan fingerprint density at radius 2 is 2.03 bits per heavy atom. The van der Waals surface area contributed by atoms with Gasteiger partial charge in [-0.2, -0.15) is 0 Å². The molecule has 1 aliphatic rings. The zero-order valence-electron chi connectivity index (χ0n) is 18.5. The summed E-state index contributed by atoms with van der Waals surface area (Å²) in [5, 5.41) is 2.86. The molecule has 31 heavy (non-hydrogen) atoms. The number of benzene rings is 1. The summed E-state index contributed by atoms with van der Waals surface area (Å²) in [6.07, 6.45) is 3.77. The number of carbonyl (C=O) groups excluding carboxylic acids is 2. The molecule has 2 heterocycles. The monoisotopic (exact) mass is 426 g/mol. The maximum atomic E-state index is 12.6. The lowest BCUT2D eigenvalue weighted by atomic mass is 10.0. The minimum Gasteiger partial charge on any atom is -0.491 e. The number of nitrogens with one attached hydrogen (secondary N) is 2. The minimum absolute atomic E-state index is 0.0244. The Hall–Kier alpha value is -3.06. The number of amides is 1. The molecule has 3 rings (SSSR count). The quantitative estimate of drug-likeness (QED) is 0.330. The van der Waals surface area contributed by atoms with Crippen LogP contribution in [0.15, 0.2) is 24.3 Å². The van der Waals surface area contributed by atoms with Crippen LogP contribution in [0.25, 0.3) is 11.6 Å².